The highest BCUT2D eigenvalue weighted by Gasteiger charge is 2.16. The van der Waals surface area contributed by atoms with Gasteiger partial charge in [0.15, 0.2) is 0 Å². The number of hydrogen-bond acceptors (Lipinski definition) is 4. The van der Waals surface area contributed by atoms with Crippen molar-refractivity contribution in [1.29, 1.82) is 0 Å². The third-order valence-corrected chi connectivity index (χ3v) is 3.34. The van der Waals surface area contributed by atoms with Gasteiger partial charge in [-0.25, -0.2) is 4.98 Å². The molecule has 0 aliphatic rings. The quantitative estimate of drug-likeness (QED) is 0.844. The lowest BCUT2D eigenvalue weighted by atomic mass is 10.1. The van der Waals surface area contributed by atoms with E-state index in [1.54, 1.807) is 0 Å². The van der Waals surface area contributed by atoms with Gasteiger partial charge in [0.2, 0.25) is 0 Å². The van der Waals surface area contributed by atoms with Gasteiger partial charge >= 0.3 is 0 Å². The Kier molecular flexibility index (Phi) is 4.09. The Labute approximate surface area is 124 Å². The molecule has 2 heterocycles. The minimum absolute atomic E-state index is 0.00880. The summed E-state index contributed by atoms with van der Waals surface area (Å²) in [7, 11) is 0. The topological polar surface area (TPSA) is 64.1 Å². The summed E-state index contributed by atoms with van der Waals surface area (Å²) in [5.41, 5.74) is 8.55. The fourth-order valence-corrected chi connectivity index (χ4v) is 2.47. The van der Waals surface area contributed by atoms with Crippen LogP contribution in [0.5, 0.6) is 0 Å². The van der Waals surface area contributed by atoms with Crippen LogP contribution in [0.3, 0.4) is 0 Å². The zero-order valence-electron chi connectivity index (χ0n) is 12.2. The smallest absolute Gasteiger partial charge is 0.137 e. The number of thiocarbonyl (C=S) groups is 1. The maximum atomic E-state index is 5.81. The maximum Gasteiger partial charge on any atom is 0.137 e. The Balaban J connectivity index is 2.35. The summed E-state index contributed by atoms with van der Waals surface area (Å²) in [5, 5.41) is 3.33. The van der Waals surface area contributed by atoms with E-state index in [2.05, 4.69) is 10.3 Å². The third-order valence-electron chi connectivity index (χ3n) is 3.13. The van der Waals surface area contributed by atoms with Gasteiger partial charge in [-0.15, -0.1) is 0 Å². The molecule has 1 unspecified atom stereocenters. The van der Waals surface area contributed by atoms with Crippen LogP contribution in [0.4, 0.5) is 5.82 Å². The van der Waals surface area contributed by atoms with Crippen molar-refractivity contribution in [2.45, 2.75) is 33.7 Å². The molecule has 3 N–H and O–H groups in total. The molecule has 4 nitrogen and oxygen atoms in total. The number of nitrogens with two attached hydrogens (primary N) is 1. The lowest BCUT2D eigenvalue weighted by molar-refractivity contribution is 0.466. The molecule has 0 saturated carbocycles. The summed E-state index contributed by atoms with van der Waals surface area (Å²) in [6.45, 7) is 7.87. The predicted molar refractivity (Wildman–Crippen MR) is 85.1 cm³/mol. The second kappa shape index (κ2) is 5.63. The van der Waals surface area contributed by atoms with Gasteiger partial charge in [0, 0.05) is 5.69 Å². The molecule has 2 aromatic heterocycles. The molecule has 0 radical (unpaired) electrons. The van der Waals surface area contributed by atoms with Crippen molar-refractivity contribution in [3.63, 3.8) is 0 Å². The lowest BCUT2D eigenvalue weighted by Crippen LogP contribution is -2.18. The van der Waals surface area contributed by atoms with E-state index in [-0.39, 0.29) is 6.04 Å². The summed E-state index contributed by atoms with van der Waals surface area (Å²) in [4.78, 5) is 4.85. The summed E-state index contributed by atoms with van der Waals surface area (Å²) in [5.74, 6) is 2.45. The Morgan fingerprint density at radius 2 is 2.05 bits per heavy atom. The number of aryl methyl sites for hydroxylation is 3. The largest absolute Gasteiger partial charge is 0.464 e. The van der Waals surface area contributed by atoms with Gasteiger partial charge in [-0.05, 0) is 51.5 Å². The molecule has 0 aliphatic carbocycles. The first-order valence-corrected chi connectivity index (χ1v) is 6.90. The van der Waals surface area contributed by atoms with E-state index in [1.165, 1.54) is 0 Å². The first-order valence-electron chi connectivity index (χ1n) is 6.49. The maximum absolute atomic E-state index is 5.81. The van der Waals surface area contributed by atoms with Crippen molar-refractivity contribution in [1.82, 2.24) is 4.98 Å². The first kappa shape index (κ1) is 14.5. The van der Waals surface area contributed by atoms with E-state index in [0.29, 0.717) is 10.8 Å². The van der Waals surface area contributed by atoms with Crippen molar-refractivity contribution in [3.05, 3.63) is 46.5 Å². The number of aromatic nitrogens is 1. The molecule has 0 fully saturated rings. The van der Waals surface area contributed by atoms with Crippen LogP contribution in [0.15, 0.2) is 22.6 Å². The molecule has 20 heavy (non-hydrogen) atoms. The van der Waals surface area contributed by atoms with Gasteiger partial charge in [0.1, 0.15) is 22.3 Å². The molecule has 5 heteroatoms. The number of anilines is 1. The number of pyridine rings is 1. The van der Waals surface area contributed by atoms with Crippen LogP contribution in [0.2, 0.25) is 0 Å². The number of nitrogens with zero attached hydrogens (tertiary/aromatic N) is 1. The first-order chi connectivity index (χ1) is 9.38. The second-order valence-electron chi connectivity index (χ2n) is 4.98. The Bertz CT molecular complexity index is 649. The normalized spacial score (nSPS) is 12.2. The van der Waals surface area contributed by atoms with E-state index in [9.17, 15) is 0 Å². The van der Waals surface area contributed by atoms with Crippen molar-refractivity contribution >= 4 is 23.0 Å². The zero-order chi connectivity index (χ0) is 14.9. The van der Waals surface area contributed by atoms with Gasteiger partial charge < -0.3 is 15.5 Å². The van der Waals surface area contributed by atoms with Gasteiger partial charge in [0.05, 0.1) is 11.6 Å². The molecule has 1 atom stereocenters. The lowest BCUT2D eigenvalue weighted by Gasteiger charge is -2.17. The van der Waals surface area contributed by atoms with Crippen LogP contribution in [0.25, 0.3) is 0 Å². The third kappa shape index (κ3) is 2.99. The van der Waals surface area contributed by atoms with Crippen molar-refractivity contribution in [3.8, 4) is 0 Å². The average Bonchev–Trinajstić information content (AvgIpc) is 2.74. The summed E-state index contributed by atoms with van der Waals surface area (Å²) >= 11 is 5.13. The molecular weight excluding hydrogens is 270 g/mol. The second-order valence-corrected chi connectivity index (χ2v) is 5.42. The van der Waals surface area contributed by atoms with Gasteiger partial charge in [0.25, 0.3) is 0 Å². The molecule has 2 rings (SSSR count). The van der Waals surface area contributed by atoms with Gasteiger partial charge in [-0.1, -0.05) is 12.2 Å². The highest BCUT2D eigenvalue weighted by atomic mass is 32.1. The summed E-state index contributed by atoms with van der Waals surface area (Å²) < 4.78 is 5.62. The predicted octanol–water partition coefficient (Wildman–Crippen LogP) is 3.41. The fourth-order valence-electron chi connectivity index (χ4n) is 2.21. The van der Waals surface area contributed by atoms with Crippen LogP contribution in [0.1, 0.15) is 41.3 Å². The Morgan fingerprint density at radius 3 is 2.60 bits per heavy atom. The average molecular weight is 289 g/mol. The van der Waals surface area contributed by atoms with Crippen LogP contribution in [-0.4, -0.2) is 9.97 Å². The van der Waals surface area contributed by atoms with Crippen LogP contribution in [-0.2, 0) is 0 Å². The van der Waals surface area contributed by atoms with Crippen LogP contribution in [0, 0.1) is 20.8 Å². The molecule has 2 aromatic rings. The molecule has 0 spiro atoms. The van der Waals surface area contributed by atoms with E-state index in [0.717, 1.165) is 28.3 Å². The van der Waals surface area contributed by atoms with Gasteiger partial charge in [-0.2, -0.15) is 0 Å². The van der Waals surface area contributed by atoms with Crippen LogP contribution < -0.4 is 11.1 Å². The number of hydrogen-bond donors (Lipinski definition) is 2. The molecule has 0 aromatic carbocycles. The molecule has 0 amide bonds. The molecule has 106 valence electrons. The minimum atomic E-state index is -0.00880. The molecule has 0 bridgehead atoms. The molecular formula is C15H19N3OS. The Morgan fingerprint density at radius 1 is 1.35 bits per heavy atom. The number of furan rings is 1. The summed E-state index contributed by atoms with van der Waals surface area (Å²) in [6.07, 6.45) is 0. The minimum Gasteiger partial charge on any atom is -0.464 e. The Hall–Kier alpha value is -1.88. The van der Waals surface area contributed by atoms with Crippen LogP contribution >= 0.6 is 12.2 Å². The van der Waals surface area contributed by atoms with E-state index in [4.69, 9.17) is 22.4 Å². The molecule has 0 aliphatic heterocycles. The van der Waals surface area contributed by atoms with E-state index >= 15 is 0 Å². The monoisotopic (exact) mass is 289 g/mol. The van der Waals surface area contributed by atoms with Crippen molar-refractivity contribution in [2.24, 2.45) is 5.73 Å². The highest BCUT2D eigenvalue weighted by molar-refractivity contribution is 7.80. The van der Waals surface area contributed by atoms with E-state index in [1.807, 2.05) is 45.9 Å². The molecule has 0 saturated heterocycles. The summed E-state index contributed by atoms with van der Waals surface area (Å²) in [6, 6.07) is 5.86. The fraction of sp³-hybridized carbons (Fsp3) is 0.333. The SMILES string of the molecule is Cc1cc(C)c(C(N)=S)c(NC(C)c2ccc(C)o2)n1. The highest BCUT2D eigenvalue weighted by Crippen LogP contribution is 2.24. The van der Waals surface area contributed by atoms with Gasteiger partial charge in [-0.3, -0.25) is 0 Å². The number of rotatable bonds is 4. The zero-order valence-corrected chi connectivity index (χ0v) is 13.0. The van der Waals surface area contributed by atoms with E-state index < -0.39 is 0 Å². The van der Waals surface area contributed by atoms with Crippen molar-refractivity contribution in [2.75, 3.05) is 5.32 Å². The number of nitrogens with one attached hydrogen (secondary N) is 1. The van der Waals surface area contributed by atoms with Crippen molar-refractivity contribution < 1.29 is 4.42 Å². The standard InChI is InChI=1S/C15H19N3OS/c1-8-7-9(2)17-15(13(8)14(16)20)18-11(4)12-6-5-10(3)19-12/h5-7,11H,1-4H3,(H2,16,20)(H,17,18).